The molecule has 0 saturated carbocycles. The molecule has 0 spiro atoms. The lowest BCUT2D eigenvalue weighted by Gasteiger charge is -2.30. The maximum atomic E-state index is 2.51. The van der Waals surface area contributed by atoms with Crippen LogP contribution in [-0.4, -0.2) is 0 Å². The molecule has 1 aromatic heterocycles. The van der Waals surface area contributed by atoms with Crippen molar-refractivity contribution in [2.75, 3.05) is 4.90 Å². The van der Waals surface area contributed by atoms with Gasteiger partial charge >= 0.3 is 0 Å². The van der Waals surface area contributed by atoms with Gasteiger partial charge in [0, 0.05) is 32.0 Å². The van der Waals surface area contributed by atoms with Gasteiger partial charge in [0.2, 0.25) is 0 Å². The quantitative estimate of drug-likeness (QED) is 0.178. The Morgan fingerprint density at radius 2 is 1.00 bits per heavy atom. The lowest BCUT2D eigenvalue weighted by atomic mass is 9.79. The fraction of sp³-hybridized carbons (Fsp3) is 0.0667. The normalized spacial score (nSPS) is 13.5. The molecule has 9 aromatic rings. The van der Waals surface area contributed by atoms with Crippen molar-refractivity contribution in [1.29, 1.82) is 0 Å². The van der Waals surface area contributed by atoms with E-state index in [2.05, 4.69) is 170 Å². The number of benzene rings is 8. The lowest BCUT2D eigenvalue weighted by Crippen LogP contribution is -2.17. The van der Waals surface area contributed by atoms with Crippen LogP contribution in [0.4, 0.5) is 17.1 Å². The molecule has 10 rings (SSSR count). The van der Waals surface area contributed by atoms with E-state index in [4.69, 9.17) is 0 Å². The third-order valence-corrected chi connectivity index (χ3v) is 11.6. The number of anilines is 3. The number of nitrogens with zero attached hydrogens (tertiary/aromatic N) is 1. The zero-order valence-corrected chi connectivity index (χ0v) is 27.1. The van der Waals surface area contributed by atoms with Crippen LogP contribution in [0, 0.1) is 0 Å². The van der Waals surface area contributed by atoms with Crippen LogP contribution in [0.25, 0.3) is 63.6 Å². The summed E-state index contributed by atoms with van der Waals surface area (Å²) in [7, 11) is 0. The van der Waals surface area contributed by atoms with Gasteiger partial charge in [0.15, 0.2) is 0 Å². The second kappa shape index (κ2) is 9.78. The molecule has 2 heteroatoms. The second-order valence-electron chi connectivity index (χ2n) is 13.3. The second-order valence-corrected chi connectivity index (χ2v) is 14.3. The fourth-order valence-electron chi connectivity index (χ4n) is 8.38. The Balaban J connectivity index is 1.35. The summed E-state index contributed by atoms with van der Waals surface area (Å²) in [6, 6.07) is 56.1. The predicted octanol–water partition coefficient (Wildman–Crippen LogP) is 13.3. The van der Waals surface area contributed by atoms with Crippen LogP contribution in [0.2, 0.25) is 0 Å². The zero-order chi connectivity index (χ0) is 31.3. The van der Waals surface area contributed by atoms with Gasteiger partial charge in [0.25, 0.3) is 0 Å². The summed E-state index contributed by atoms with van der Waals surface area (Å²) in [6.45, 7) is 4.86. The molecule has 0 saturated heterocycles. The summed E-state index contributed by atoms with van der Waals surface area (Å²) >= 11 is 1.89. The summed E-state index contributed by atoms with van der Waals surface area (Å²) in [5.41, 5.74) is 8.95. The maximum absolute atomic E-state index is 2.51. The van der Waals surface area contributed by atoms with Gasteiger partial charge in [-0.3, -0.25) is 0 Å². The van der Waals surface area contributed by atoms with Gasteiger partial charge < -0.3 is 4.90 Å². The number of fused-ring (bicyclic) bond motifs is 13. The number of hydrogen-bond acceptors (Lipinski definition) is 2. The number of thiophene rings is 1. The Labute approximate surface area is 278 Å². The number of hydrogen-bond donors (Lipinski definition) is 0. The third kappa shape index (κ3) is 3.65. The molecule has 0 radical (unpaired) electrons. The van der Waals surface area contributed by atoms with Crippen molar-refractivity contribution >= 4 is 80.9 Å². The fourth-order valence-corrected chi connectivity index (χ4v) is 9.59. The highest BCUT2D eigenvalue weighted by Gasteiger charge is 2.40. The van der Waals surface area contributed by atoms with Crippen LogP contribution < -0.4 is 4.90 Å². The molecular formula is C45H31NS. The van der Waals surface area contributed by atoms with Crippen LogP contribution in [0.3, 0.4) is 0 Å². The van der Waals surface area contributed by atoms with Crippen molar-refractivity contribution in [3.63, 3.8) is 0 Å². The van der Waals surface area contributed by atoms with Crippen LogP contribution in [0.15, 0.2) is 152 Å². The molecule has 0 atom stereocenters. The monoisotopic (exact) mass is 617 g/mol. The molecule has 1 aliphatic carbocycles. The van der Waals surface area contributed by atoms with E-state index in [1.165, 1.54) is 86.1 Å². The smallest absolute Gasteiger partial charge is 0.0640 e. The third-order valence-electron chi connectivity index (χ3n) is 10.4. The predicted molar refractivity (Wildman–Crippen MR) is 204 cm³/mol. The molecule has 1 aliphatic rings. The molecule has 8 aromatic carbocycles. The number of rotatable bonds is 3. The van der Waals surface area contributed by atoms with Gasteiger partial charge in [-0.25, -0.2) is 0 Å². The van der Waals surface area contributed by atoms with Crippen LogP contribution in [0.5, 0.6) is 0 Å². The molecule has 1 heterocycles. The average Bonchev–Trinajstić information content (AvgIpc) is 3.62. The molecule has 47 heavy (non-hydrogen) atoms. The summed E-state index contributed by atoms with van der Waals surface area (Å²) in [6.07, 6.45) is 0. The first kappa shape index (κ1) is 26.7. The minimum atomic E-state index is -0.209. The van der Waals surface area contributed by atoms with E-state index in [0.717, 1.165) is 5.69 Å². The van der Waals surface area contributed by atoms with Crippen LogP contribution in [-0.2, 0) is 5.41 Å². The van der Waals surface area contributed by atoms with Crippen molar-refractivity contribution in [2.45, 2.75) is 19.3 Å². The summed E-state index contributed by atoms with van der Waals surface area (Å²) in [5.74, 6) is 0. The molecule has 1 nitrogen and oxygen atoms in total. The number of para-hydroxylation sites is 1. The van der Waals surface area contributed by atoms with E-state index in [9.17, 15) is 0 Å². The average molecular weight is 618 g/mol. The highest BCUT2D eigenvalue weighted by Crippen LogP contribution is 2.58. The standard InChI is InChI=1S/C45H31NS/c1-45(2)37-27-39(46(28-15-4-3-5-16-28)38-25-14-24-36-32-20-12-13-26-40(32)47-44(36)38)31-19-8-10-22-34(31)41(37)42-33-21-9-6-17-29(33)30-18-7-11-23-35(30)43(42)45/h3-27H,1-2H3. The van der Waals surface area contributed by atoms with Crippen LogP contribution in [0.1, 0.15) is 25.0 Å². The first-order valence-corrected chi connectivity index (χ1v) is 17.2. The summed E-state index contributed by atoms with van der Waals surface area (Å²) < 4.78 is 2.62. The SMILES string of the molecule is CC1(C)c2cc(N(c3ccccc3)c3cccc4c3sc3ccccc34)c3ccccc3c2-c2c1c1ccccc1c1ccccc21. The van der Waals surface area contributed by atoms with E-state index >= 15 is 0 Å². The van der Waals surface area contributed by atoms with Crippen LogP contribution >= 0.6 is 11.3 Å². The van der Waals surface area contributed by atoms with E-state index in [-0.39, 0.29) is 5.41 Å². The molecule has 0 amide bonds. The molecule has 222 valence electrons. The molecule has 0 fully saturated rings. The Hall–Kier alpha value is -5.44. The zero-order valence-electron chi connectivity index (χ0n) is 26.3. The van der Waals surface area contributed by atoms with Gasteiger partial charge in [-0.1, -0.05) is 135 Å². The first-order chi connectivity index (χ1) is 23.1. The summed E-state index contributed by atoms with van der Waals surface area (Å²) in [5, 5.41) is 10.5. The molecule has 0 N–H and O–H groups in total. The Bertz CT molecular complexity index is 2720. The minimum Gasteiger partial charge on any atom is -0.308 e. The van der Waals surface area contributed by atoms with Crippen molar-refractivity contribution < 1.29 is 0 Å². The molecule has 0 aliphatic heterocycles. The lowest BCUT2D eigenvalue weighted by molar-refractivity contribution is 0.667. The van der Waals surface area contributed by atoms with Gasteiger partial charge in [0.05, 0.1) is 16.1 Å². The molecular weight excluding hydrogens is 587 g/mol. The van der Waals surface area contributed by atoms with Gasteiger partial charge in [-0.15, -0.1) is 11.3 Å². The van der Waals surface area contributed by atoms with Crippen molar-refractivity contribution in [2.24, 2.45) is 0 Å². The topological polar surface area (TPSA) is 3.24 Å². The van der Waals surface area contributed by atoms with E-state index in [1.54, 1.807) is 0 Å². The Morgan fingerprint density at radius 3 is 1.74 bits per heavy atom. The molecule has 0 bridgehead atoms. The Morgan fingerprint density at radius 1 is 0.447 bits per heavy atom. The van der Waals surface area contributed by atoms with E-state index in [1.807, 2.05) is 11.3 Å². The highest BCUT2D eigenvalue weighted by molar-refractivity contribution is 7.26. The largest absolute Gasteiger partial charge is 0.308 e. The van der Waals surface area contributed by atoms with Crippen molar-refractivity contribution in [1.82, 2.24) is 0 Å². The van der Waals surface area contributed by atoms with E-state index in [0.29, 0.717) is 0 Å². The molecule has 0 unspecified atom stereocenters. The van der Waals surface area contributed by atoms with Gasteiger partial charge in [-0.2, -0.15) is 0 Å². The van der Waals surface area contributed by atoms with E-state index < -0.39 is 0 Å². The summed E-state index contributed by atoms with van der Waals surface area (Å²) in [4.78, 5) is 2.51. The Kier molecular flexibility index (Phi) is 5.57. The minimum absolute atomic E-state index is 0.209. The van der Waals surface area contributed by atoms with Gasteiger partial charge in [-0.05, 0) is 79.5 Å². The van der Waals surface area contributed by atoms with Crippen molar-refractivity contribution in [3.8, 4) is 11.1 Å². The first-order valence-electron chi connectivity index (χ1n) is 16.4. The highest BCUT2D eigenvalue weighted by atomic mass is 32.1. The van der Waals surface area contributed by atoms with Crippen molar-refractivity contribution in [3.05, 3.63) is 163 Å². The maximum Gasteiger partial charge on any atom is 0.0640 e. The van der Waals surface area contributed by atoms with Gasteiger partial charge in [0.1, 0.15) is 0 Å².